The molecule has 1 aromatic carbocycles. The van der Waals surface area contributed by atoms with Crippen LogP contribution < -0.4 is 5.32 Å². The lowest BCUT2D eigenvalue weighted by Crippen LogP contribution is -2.11. The second kappa shape index (κ2) is 6.44. The molecule has 2 heterocycles. The molecule has 0 bridgehead atoms. The lowest BCUT2D eigenvalue weighted by atomic mass is 10.1. The van der Waals surface area contributed by atoms with Crippen molar-refractivity contribution in [1.29, 1.82) is 0 Å². The topological polar surface area (TPSA) is 12.0 Å². The summed E-state index contributed by atoms with van der Waals surface area (Å²) in [5, 5.41) is 8.62. The summed E-state index contributed by atoms with van der Waals surface area (Å²) in [6.07, 6.45) is 1.00. The van der Waals surface area contributed by atoms with Gasteiger partial charge in [0.25, 0.3) is 0 Å². The van der Waals surface area contributed by atoms with Crippen molar-refractivity contribution < 1.29 is 0 Å². The zero-order chi connectivity index (χ0) is 13.8. The summed E-state index contributed by atoms with van der Waals surface area (Å²) < 4.78 is 0. The SMILES string of the molecule is Clc1ccc(NC(Cc2cccs2)c2cccs2)cc1. The molecule has 0 spiro atoms. The van der Waals surface area contributed by atoms with Crippen molar-refractivity contribution >= 4 is 40.0 Å². The van der Waals surface area contributed by atoms with E-state index in [0.717, 1.165) is 17.1 Å². The van der Waals surface area contributed by atoms with Gasteiger partial charge in [0, 0.05) is 26.9 Å². The van der Waals surface area contributed by atoms with Crippen LogP contribution in [0.3, 0.4) is 0 Å². The number of halogens is 1. The van der Waals surface area contributed by atoms with Crippen molar-refractivity contribution in [2.24, 2.45) is 0 Å². The van der Waals surface area contributed by atoms with Gasteiger partial charge in [-0.15, -0.1) is 22.7 Å². The molecule has 0 radical (unpaired) electrons. The molecule has 3 aromatic rings. The number of thiophene rings is 2. The third-order valence-electron chi connectivity index (χ3n) is 3.06. The maximum absolute atomic E-state index is 5.94. The Morgan fingerprint density at radius 1 is 0.950 bits per heavy atom. The molecule has 1 nitrogen and oxygen atoms in total. The van der Waals surface area contributed by atoms with Gasteiger partial charge in [-0.05, 0) is 47.2 Å². The lowest BCUT2D eigenvalue weighted by molar-refractivity contribution is 0.802. The van der Waals surface area contributed by atoms with E-state index in [4.69, 9.17) is 11.6 Å². The van der Waals surface area contributed by atoms with Gasteiger partial charge in [-0.3, -0.25) is 0 Å². The molecule has 0 fully saturated rings. The van der Waals surface area contributed by atoms with E-state index < -0.39 is 0 Å². The average Bonchev–Trinajstić information content (AvgIpc) is 3.12. The molecule has 0 aliphatic heterocycles. The van der Waals surface area contributed by atoms with E-state index in [1.165, 1.54) is 9.75 Å². The first-order valence-electron chi connectivity index (χ1n) is 6.39. The summed E-state index contributed by atoms with van der Waals surface area (Å²) in [6, 6.07) is 16.8. The fraction of sp³-hybridized carbons (Fsp3) is 0.125. The fourth-order valence-corrected chi connectivity index (χ4v) is 3.75. The van der Waals surface area contributed by atoms with Crippen LogP contribution in [-0.4, -0.2) is 0 Å². The van der Waals surface area contributed by atoms with Crippen LogP contribution in [0.25, 0.3) is 0 Å². The summed E-state index contributed by atoms with van der Waals surface area (Å²) in [5.41, 5.74) is 1.10. The highest BCUT2D eigenvalue weighted by Crippen LogP contribution is 2.28. The molecule has 3 rings (SSSR count). The molecule has 0 aliphatic carbocycles. The van der Waals surface area contributed by atoms with Crippen LogP contribution in [0.2, 0.25) is 5.02 Å². The van der Waals surface area contributed by atoms with Gasteiger partial charge < -0.3 is 5.32 Å². The Morgan fingerprint density at radius 3 is 2.35 bits per heavy atom. The minimum Gasteiger partial charge on any atom is -0.377 e. The predicted molar refractivity (Wildman–Crippen MR) is 90.2 cm³/mol. The van der Waals surface area contributed by atoms with E-state index in [9.17, 15) is 0 Å². The lowest BCUT2D eigenvalue weighted by Gasteiger charge is -2.18. The third kappa shape index (κ3) is 3.42. The van der Waals surface area contributed by atoms with Crippen molar-refractivity contribution in [2.45, 2.75) is 12.5 Å². The largest absolute Gasteiger partial charge is 0.377 e. The van der Waals surface area contributed by atoms with E-state index in [2.05, 4.69) is 40.3 Å². The minimum absolute atomic E-state index is 0.301. The van der Waals surface area contributed by atoms with E-state index in [1.54, 1.807) is 22.7 Å². The Morgan fingerprint density at radius 2 is 1.70 bits per heavy atom. The number of benzene rings is 1. The van der Waals surface area contributed by atoms with Gasteiger partial charge in [-0.25, -0.2) is 0 Å². The Balaban J connectivity index is 1.80. The fourth-order valence-electron chi connectivity index (χ4n) is 2.09. The normalized spacial score (nSPS) is 12.2. The Labute approximate surface area is 131 Å². The van der Waals surface area contributed by atoms with Gasteiger partial charge in [0.15, 0.2) is 0 Å². The number of nitrogens with one attached hydrogen (secondary N) is 1. The van der Waals surface area contributed by atoms with E-state index in [-0.39, 0.29) is 0 Å². The molecular formula is C16H14ClNS2. The zero-order valence-corrected chi connectivity index (χ0v) is 13.1. The highest BCUT2D eigenvalue weighted by molar-refractivity contribution is 7.10. The Hall–Kier alpha value is -1.29. The molecule has 102 valence electrons. The average molecular weight is 320 g/mol. The smallest absolute Gasteiger partial charge is 0.0654 e. The van der Waals surface area contributed by atoms with Gasteiger partial charge >= 0.3 is 0 Å². The molecule has 0 amide bonds. The third-order valence-corrected chi connectivity index (χ3v) is 5.19. The standard InChI is InChI=1S/C16H14ClNS2/c17-12-5-7-13(8-6-12)18-15(16-4-2-10-20-16)11-14-3-1-9-19-14/h1-10,15,18H,11H2. The first-order valence-corrected chi connectivity index (χ1v) is 8.53. The highest BCUT2D eigenvalue weighted by atomic mass is 35.5. The van der Waals surface area contributed by atoms with E-state index >= 15 is 0 Å². The molecule has 0 aliphatic rings. The van der Waals surface area contributed by atoms with Crippen LogP contribution >= 0.6 is 34.3 Å². The van der Waals surface area contributed by atoms with Gasteiger partial charge in [0.2, 0.25) is 0 Å². The molecule has 4 heteroatoms. The maximum atomic E-state index is 5.94. The number of rotatable bonds is 5. The van der Waals surface area contributed by atoms with Gasteiger partial charge in [0.1, 0.15) is 0 Å². The molecular weight excluding hydrogens is 306 g/mol. The summed E-state index contributed by atoms with van der Waals surface area (Å²) in [4.78, 5) is 2.75. The first-order chi connectivity index (χ1) is 9.81. The molecule has 1 unspecified atom stereocenters. The molecule has 0 saturated carbocycles. The van der Waals surface area contributed by atoms with Gasteiger partial charge in [0.05, 0.1) is 6.04 Å². The highest BCUT2D eigenvalue weighted by Gasteiger charge is 2.14. The molecule has 1 N–H and O–H groups in total. The maximum Gasteiger partial charge on any atom is 0.0654 e. The molecule has 1 atom stereocenters. The Bertz CT molecular complexity index is 630. The van der Waals surface area contributed by atoms with Crippen molar-refractivity contribution in [3.05, 3.63) is 74.1 Å². The van der Waals surface area contributed by atoms with Crippen LogP contribution in [0.5, 0.6) is 0 Å². The summed E-state index contributed by atoms with van der Waals surface area (Å²) >= 11 is 9.54. The zero-order valence-electron chi connectivity index (χ0n) is 10.8. The van der Waals surface area contributed by atoms with Gasteiger partial charge in [-0.2, -0.15) is 0 Å². The molecule has 20 heavy (non-hydrogen) atoms. The first kappa shape index (κ1) is 13.7. The second-order valence-corrected chi connectivity index (χ2v) is 6.95. The van der Waals surface area contributed by atoms with Crippen molar-refractivity contribution in [3.8, 4) is 0 Å². The van der Waals surface area contributed by atoms with Crippen LogP contribution in [0.4, 0.5) is 5.69 Å². The van der Waals surface area contributed by atoms with Gasteiger partial charge in [-0.1, -0.05) is 23.7 Å². The van der Waals surface area contributed by atoms with Crippen molar-refractivity contribution in [3.63, 3.8) is 0 Å². The predicted octanol–water partition coefficient (Wildman–Crippen LogP) is 5.86. The van der Waals surface area contributed by atoms with E-state index in [0.29, 0.717) is 6.04 Å². The van der Waals surface area contributed by atoms with E-state index in [1.807, 2.05) is 24.3 Å². The monoisotopic (exact) mass is 319 g/mol. The molecule has 0 saturated heterocycles. The summed E-state index contributed by atoms with van der Waals surface area (Å²) in [6.45, 7) is 0. The minimum atomic E-state index is 0.301. The van der Waals surface area contributed by atoms with Crippen LogP contribution in [0.1, 0.15) is 15.8 Å². The van der Waals surface area contributed by atoms with Crippen molar-refractivity contribution in [2.75, 3.05) is 5.32 Å². The van der Waals surface area contributed by atoms with Crippen LogP contribution in [0, 0.1) is 0 Å². The van der Waals surface area contributed by atoms with Crippen LogP contribution in [0.15, 0.2) is 59.3 Å². The number of hydrogen-bond donors (Lipinski definition) is 1. The second-order valence-electron chi connectivity index (χ2n) is 4.50. The number of hydrogen-bond acceptors (Lipinski definition) is 3. The quantitative estimate of drug-likeness (QED) is 0.621. The van der Waals surface area contributed by atoms with Crippen LogP contribution in [-0.2, 0) is 6.42 Å². The number of anilines is 1. The Kier molecular flexibility index (Phi) is 4.41. The molecule has 2 aromatic heterocycles. The van der Waals surface area contributed by atoms with Crippen molar-refractivity contribution in [1.82, 2.24) is 0 Å². The summed E-state index contributed by atoms with van der Waals surface area (Å²) in [7, 11) is 0. The summed E-state index contributed by atoms with van der Waals surface area (Å²) in [5.74, 6) is 0.